The highest BCUT2D eigenvalue weighted by atomic mass is 32.2. The Morgan fingerprint density at radius 2 is 2.17 bits per heavy atom. The zero-order valence-corrected chi connectivity index (χ0v) is 15.0. The minimum absolute atomic E-state index is 0.0526. The van der Waals surface area contributed by atoms with E-state index >= 15 is 0 Å². The van der Waals surface area contributed by atoms with Gasteiger partial charge in [0.2, 0.25) is 5.91 Å². The number of rotatable bonds is 4. The molecule has 2 heterocycles. The van der Waals surface area contributed by atoms with Gasteiger partial charge in [0, 0.05) is 20.1 Å². The lowest BCUT2D eigenvalue weighted by molar-refractivity contribution is -0.120. The van der Waals surface area contributed by atoms with Gasteiger partial charge in [0.25, 0.3) is 0 Å². The van der Waals surface area contributed by atoms with Crippen molar-refractivity contribution in [3.05, 3.63) is 24.2 Å². The van der Waals surface area contributed by atoms with Crippen molar-refractivity contribution >= 4 is 21.7 Å². The molecule has 1 amide bonds. The fourth-order valence-electron chi connectivity index (χ4n) is 2.48. The van der Waals surface area contributed by atoms with Gasteiger partial charge in [0.05, 0.1) is 29.9 Å². The lowest BCUT2D eigenvalue weighted by Gasteiger charge is -2.39. The molecule has 1 aromatic rings. The number of nitrogens with zero attached hydrogens (tertiary/aromatic N) is 2. The van der Waals surface area contributed by atoms with Gasteiger partial charge < -0.3 is 20.0 Å². The third-order valence-corrected chi connectivity index (χ3v) is 6.53. The number of furan rings is 1. The van der Waals surface area contributed by atoms with E-state index in [1.807, 2.05) is 4.90 Å². The molecule has 1 fully saturated rings. The van der Waals surface area contributed by atoms with Crippen molar-refractivity contribution in [1.29, 1.82) is 0 Å². The Kier molecular flexibility index (Phi) is 5.53. The second-order valence-electron chi connectivity index (χ2n) is 6.26. The monoisotopic (exact) mass is 356 g/mol. The van der Waals surface area contributed by atoms with E-state index in [9.17, 15) is 13.2 Å². The third kappa shape index (κ3) is 4.28. The molecule has 1 aliphatic rings. The third-order valence-electron chi connectivity index (χ3n) is 4.00. The van der Waals surface area contributed by atoms with Crippen molar-refractivity contribution in [3.63, 3.8) is 0 Å². The molecule has 0 aliphatic carbocycles. The lowest BCUT2D eigenvalue weighted by Crippen LogP contribution is -2.57. The fraction of sp³-hybridized carbons (Fsp3) is 0.600. The molecule has 134 valence electrons. The minimum atomic E-state index is -3.11. The first-order chi connectivity index (χ1) is 11.2. The van der Waals surface area contributed by atoms with Crippen molar-refractivity contribution in [2.45, 2.75) is 25.1 Å². The van der Waals surface area contributed by atoms with Crippen molar-refractivity contribution in [2.24, 2.45) is 4.99 Å². The van der Waals surface area contributed by atoms with Crippen LogP contribution in [0.15, 0.2) is 27.8 Å². The average molecular weight is 356 g/mol. The molecule has 8 nitrogen and oxygen atoms in total. The smallest absolute Gasteiger partial charge is 0.239 e. The maximum Gasteiger partial charge on any atom is 0.239 e. The van der Waals surface area contributed by atoms with Gasteiger partial charge in [-0.05, 0) is 26.0 Å². The van der Waals surface area contributed by atoms with Gasteiger partial charge in [0.15, 0.2) is 15.8 Å². The number of hydrogen-bond acceptors (Lipinski definition) is 5. The predicted molar refractivity (Wildman–Crippen MR) is 91.4 cm³/mol. The number of hydrogen-bond donors (Lipinski definition) is 2. The van der Waals surface area contributed by atoms with Crippen LogP contribution in [0.2, 0.25) is 0 Å². The molecule has 0 unspecified atom stereocenters. The predicted octanol–water partition coefficient (Wildman–Crippen LogP) is -0.0198. The maximum absolute atomic E-state index is 12.1. The molecule has 0 saturated carbocycles. The van der Waals surface area contributed by atoms with Gasteiger partial charge in [-0.3, -0.25) is 9.79 Å². The van der Waals surface area contributed by atoms with Crippen LogP contribution in [0.4, 0.5) is 0 Å². The minimum Gasteiger partial charge on any atom is -0.467 e. The zero-order valence-electron chi connectivity index (χ0n) is 14.2. The molecule has 1 saturated heterocycles. The second kappa shape index (κ2) is 7.25. The van der Waals surface area contributed by atoms with E-state index in [1.165, 1.54) is 0 Å². The van der Waals surface area contributed by atoms with Gasteiger partial charge in [-0.25, -0.2) is 8.42 Å². The van der Waals surface area contributed by atoms with E-state index in [0.717, 1.165) is 0 Å². The van der Waals surface area contributed by atoms with Crippen molar-refractivity contribution in [2.75, 3.05) is 32.4 Å². The van der Waals surface area contributed by atoms with E-state index < -0.39 is 14.6 Å². The number of aliphatic imine (C=N–C) groups is 1. The molecule has 0 atom stereocenters. The van der Waals surface area contributed by atoms with Crippen LogP contribution in [0.5, 0.6) is 0 Å². The Labute approximate surface area is 142 Å². The number of carbonyl (C=O) groups excluding carboxylic acids is 1. The molecule has 0 bridgehead atoms. The SMILES string of the molecule is CN=C(NCC(=O)NCc1ccco1)N1CCS(=O)(=O)C(C)(C)C1. The van der Waals surface area contributed by atoms with E-state index in [-0.39, 0.29) is 18.2 Å². The summed E-state index contributed by atoms with van der Waals surface area (Å²) in [5, 5.41) is 5.70. The fourth-order valence-corrected chi connectivity index (χ4v) is 3.84. The summed E-state index contributed by atoms with van der Waals surface area (Å²) in [5.74, 6) is 1.07. The highest BCUT2D eigenvalue weighted by Gasteiger charge is 2.40. The summed E-state index contributed by atoms with van der Waals surface area (Å²) in [6.07, 6.45) is 1.55. The molecule has 0 radical (unpaired) electrons. The van der Waals surface area contributed by atoms with Crippen LogP contribution in [0.1, 0.15) is 19.6 Å². The van der Waals surface area contributed by atoms with Crippen molar-refractivity contribution in [3.8, 4) is 0 Å². The molecular weight excluding hydrogens is 332 g/mol. The van der Waals surface area contributed by atoms with Crippen LogP contribution in [-0.4, -0.2) is 62.4 Å². The average Bonchev–Trinajstić information content (AvgIpc) is 3.02. The first-order valence-corrected chi connectivity index (χ1v) is 9.37. The van der Waals surface area contributed by atoms with Gasteiger partial charge in [0.1, 0.15) is 5.76 Å². The Morgan fingerprint density at radius 1 is 1.42 bits per heavy atom. The van der Waals surface area contributed by atoms with Gasteiger partial charge in [-0.1, -0.05) is 0 Å². The normalized spacial score (nSPS) is 19.8. The number of amides is 1. The first-order valence-electron chi connectivity index (χ1n) is 7.72. The van der Waals surface area contributed by atoms with Crippen LogP contribution in [-0.2, 0) is 21.2 Å². The van der Waals surface area contributed by atoms with Crippen LogP contribution in [0, 0.1) is 0 Å². The molecule has 9 heteroatoms. The highest BCUT2D eigenvalue weighted by molar-refractivity contribution is 7.92. The molecule has 1 aromatic heterocycles. The largest absolute Gasteiger partial charge is 0.467 e. The zero-order chi connectivity index (χ0) is 17.8. The second-order valence-corrected chi connectivity index (χ2v) is 9.00. The summed E-state index contributed by atoms with van der Waals surface area (Å²) in [6, 6.07) is 3.54. The first kappa shape index (κ1) is 18.3. The summed E-state index contributed by atoms with van der Waals surface area (Å²) < 4.78 is 28.4. The van der Waals surface area contributed by atoms with Crippen LogP contribution in [0.3, 0.4) is 0 Å². The quantitative estimate of drug-likeness (QED) is 0.580. The molecule has 2 rings (SSSR count). The highest BCUT2D eigenvalue weighted by Crippen LogP contribution is 2.23. The topological polar surface area (TPSA) is 104 Å². The summed E-state index contributed by atoms with van der Waals surface area (Å²) in [4.78, 5) is 17.9. The van der Waals surface area contributed by atoms with Crippen molar-refractivity contribution < 1.29 is 17.6 Å². The van der Waals surface area contributed by atoms with E-state index in [0.29, 0.717) is 31.4 Å². The lowest BCUT2D eigenvalue weighted by atomic mass is 10.2. The van der Waals surface area contributed by atoms with Crippen molar-refractivity contribution in [1.82, 2.24) is 15.5 Å². The van der Waals surface area contributed by atoms with E-state index in [2.05, 4.69) is 15.6 Å². The molecule has 24 heavy (non-hydrogen) atoms. The Hall–Kier alpha value is -2.03. The van der Waals surface area contributed by atoms with Gasteiger partial charge >= 0.3 is 0 Å². The number of carbonyl (C=O) groups is 1. The number of sulfone groups is 1. The van der Waals surface area contributed by atoms with Crippen LogP contribution >= 0.6 is 0 Å². The van der Waals surface area contributed by atoms with E-state index in [4.69, 9.17) is 4.42 Å². The molecule has 1 aliphatic heterocycles. The Bertz CT molecular complexity index is 695. The number of guanidine groups is 1. The van der Waals surface area contributed by atoms with Crippen LogP contribution < -0.4 is 10.6 Å². The maximum atomic E-state index is 12.1. The molecule has 0 aromatic carbocycles. The summed E-state index contributed by atoms with van der Waals surface area (Å²) in [7, 11) is -1.50. The molecule has 2 N–H and O–H groups in total. The van der Waals surface area contributed by atoms with E-state index in [1.54, 1.807) is 39.3 Å². The van der Waals surface area contributed by atoms with Gasteiger partial charge in [-0.15, -0.1) is 0 Å². The number of nitrogens with one attached hydrogen (secondary N) is 2. The summed E-state index contributed by atoms with van der Waals surface area (Å²) in [5.41, 5.74) is 0. The molecule has 0 spiro atoms. The Morgan fingerprint density at radius 3 is 2.75 bits per heavy atom. The summed E-state index contributed by atoms with van der Waals surface area (Å²) in [6.45, 7) is 4.48. The molecular formula is C15H24N4O4S. The Balaban J connectivity index is 1.85. The standard InChI is InChI=1S/C15H24N4O4S/c1-15(2)11-19(6-8-24(15,21)22)14(16-3)18-10-13(20)17-9-12-5-4-7-23-12/h4-5,7H,6,8-11H2,1-3H3,(H,16,18)(H,17,20). The van der Waals surface area contributed by atoms with Crippen LogP contribution in [0.25, 0.3) is 0 Å². The summed E-state index contributed by atoms with van der Waals surface area (Å²) >= 11 is 0. The van der Waals surface area contributed by atoms with Gasteiger partial charge in [-0.2, -0.15) is 0 Å².